The molecule has 6 heteroatoms. The van der Waals surface area contributed by atoms with Crippen molar-refractivity contribution in [2.24, 2.45) is 0 Å². The fraction of sp³-hybridized carbons (Fsp3) is 0.143. The zero-order valence-electron chi connectivity index (χ0n) is 10.2. The van der Waals surface area contributed by atoms with E-state index in [1.165, 1.54) is 0 Å². The Morgan fingerprint density at radius 2 is 1.75 bits per heavy atom. The molecule has 2 N–H and O–H groups in total. The number of hydrogen-bond donors (Lipinski definition) is 2. The van der Waals surface area contributed by atoms with Crippen molar-refractivity contribution in [1.29, 1.82) is 0 Å². The molecule has 20 heavy (non-hydrogen) atoms. The van der Waals surface area contributed by atoms with Crippen LogP contribution in [0.1, 0.15) is 11.6 Å². The van der Waals surface area contributed by atoms with Crippen molar-refractivity contribution in [3.63, 3.8) is 0 Å². The highest BCUT2D eigenvalue weighted by atomic mass is 35.5. The second-order valence-corrected chi connectivity index (χ2v) is 4.62. The zero-order chi connectivity index (χ0) is 14.7. The molecule has 0 fully saturated rings. The van der Waals surface area contributed by atoms with E-state index in [0.29, 0.717) is 10.7 Å². The molecule has 0 radical (unpaired) electrons. The predicted molar refractivity (Wildman–Crippen MR) is 71.2 cm³/mol. The number of aliphatic hydroxyl groups excluding tert-OH is 1. The van der Waals surface area contributed by atoms with Gasteiger partial charge in [0.05, 0.1) is 12.6 Å². The van der Waals surface area contributed by atoms with Gasteiger partial charge in [-0.1, -0.05) is 17.7 Å². The molecule has 1 atom stereocenters. The number of nitrogens with one attached hydrogen (secondary N) is 1. The minimum absolute atomic E-state index is 0.101. The Balaban J connectivity index is 2.29. The van der Waals surface area contributed by atoms with Crippen molar-refractivity contribution in [3.05, 3.63) is 64.4 Å². The van der Waals surface area contributed by atoms with E-state index in [4.69, 9.17) is 11.6 Å². The van der Waals surface area contributed by atoms with E-state index < -0.39 is 30.1 Å². The van der Waals surface area contributed by atoms with Gasteiger partial charge in [0.2, 0.25) is 0 Å². The molecule has 1 unspecified atom stereocenters. The van der Waals surface area contributed by atoms with E-state index in [1.807, 2.05) is 0 Å². The van der Waals surface area contributed by atoms with Crippen LogP contribution in [0.15, 0.2) is 36.4 Å². The van der Waals surface area contributed by atoms with Gasteiger partial charge < -0.3 is 10.4 Å². The van der Waals surface area contributed by atoms with Crippen LogP contribution in [0, 0.1) is 17.5 Å². The van der Waals surface area contributed by atoms with E-state index in [2.05, 4.69) is 5.32 Å². The van der Waals surface area contributed by atoms with Gasteiger partial charge in [-0.25, -0.2) is 13.2 Å². The third-order valence-electron chi connectivity index (χ3n) is 2.76. The van der Waals surface area contributed by atoms with Crippen LogP contribution < -0.4 is 5.32 Å². The molecule has 0 aliphatic carbocycles. The average Bonchev–Trinajstić information content (AvgIpc) is 2.41. The molecule has 0 aromatic heterocycles. The van der Waals surface area contributed by atoms with Crippen molar-refractivity contribution in [2.75, 3.05) is 11.9 Å². The standard InChI is InChI=1S/C14H11ClF3NO/c15-9-2-1-3-10(6-9)19-13(7-20)8-4-11(16)14(18)12(17)5-8/h1-6,13,19-20H,7H2. The lowest BCUT2D eigenvalue weighted by atomic mass is 10.1. The summed E-state index contributed by atoms with van der Waals surface area (Å²) in [5.41, 5.74) is 0.672. The van der Waals surface area contributed by atoms with Crippen molar-refractivity contribution < 1.29 is 18.3 Å². The third-order valence-corrected chi connectivity index (χ3v) is 2.99. The molecule has 0 spiro atoms. The van der Waals surface area contributed by atoms with E-state index in [0.717, 1.165) is 12.1 Å². The van der Waals surface area contributed by atoms with Crippen LogP contribution in [0.4, 0.5) is 18.9 Å². The molecule has 2 aromatic carbocycles. The normalized spacial score (nSPS) is 12.2. The molecule has 0 heterocycles. The van der Waals surface area contributed by atoms with Crippen molar-refractivity contribution >= 4 is 17.3 Å². The van der Waals surface area contributed by atoms with Gasteiger partial charge in [0.1, 0.15) is 0 Å². The maximum atomic E-state index is 13.2. The first kappa shape index (κ1) is 14.7. The molecule has 0 amide bonds. The lowest BCUT2D eigenvalue weighted by Crippen LogP contribution is -2.15. The monoisotopic (exact) mass is 301 g/mol. The molecule has 0 aliphatic rings. The molecule has 0 aliphatic heterocycles. The van der Waals surface area contributed by atoms with Gasteiger partial charge in [0, 0.05) is 10.7 Å². The highest BCUT2D eigenvalue weighted by molar-refractivity contribution is 6.30. The van der Waals surface area contributed by atoms with Crippen LogP contribution in [0.25, 0.3) is 0 Å². The number of anilines is 1. The van der Waals surface area contributed by atoms with Crippen LogP contribution in [-0.2, 0) is 0 Å². The van der Waals surface area contributed by atoms with E-state index >= 15 is 0 Å². The first-order valence-corrected chi connectivity index (χ1v) is 6.16. The van der Waals surface area contributed by atoms with Gasteiger partial charge >= 0.3 is 0 Å². The van der Waals surface area contributed by atoms with Gasteiger partial charge in [0.15, 0.2) is 17.5 Å². The quantitative estimate of drug-likeness (QED) is 0.839. The lowest BCUT2D eigenvalue weighted by molar-refractivity contribution is 0.275. The molecule has 2 nitrogen and oxygen atoms in total. The number of aliphatic hydroxyl groups is 1. The maximum absolute atomic E-state index is 13.2. The van der Waals surface area contributed by atoms with Crippen LogP contribution in [-0.4, -0.2) is 11.7 Å². The Kier molecular flexibility index (Phi) is 4.52. The van der Waals surface area contributed by atoms with Crippen molar-refractivity contribution in [2.45, 2.75) is 6.04 Å². The van der Waals surface area contributed by atoms with Crippen molar-refractivity contribution in [3.8, 4) is 0 Å². The molecule has 106 valence electrons. The maximum Gasteiger partial charge on any atom is 0.194 e. The van der Waals surface area contributed by atoms with E-state index in [9.17, 15) is 18.3 Å². The summed E-state index contributed by atoms with van der Waals surface area (Å²) in [6, 6.07) is 7.54. The number of hydrogen-bond acceptors (Lipinski definition) is 2. The summed E-state index contributed by atoms with van der Waals surface area (Å²) in [6.07, 6.45) is 0. The number of benzene rings is 2. The minimum atomic E-state index is -1.53. The first-order valence-electron chi connectivity index (χ1n) is 5.78. The fourth-order valence-electron chi connectivity index (χ4n) is 1.79. The molecule has 0 saturated carbocycles. The topological polar surface area (TPSA) is 32.3 Å². The van der Waals surface area contributed by atoms with E-state index in [1.54, 1.807) is 24.3 Å². The highest BCUT2D eigenvalue weighted by Crippen LogP contribution is 2.24. The molecular formula is C14H11ClF3NO. The minimum Gasteiger partial charge on any atom is -0.394 e. The molecule has 2 aromatic rings. The summed E-state index contributed by atoms with van der Waals surface area (Å²) < 4.78 is 39.3. The predicted octanol–water partition coefficient (Wildman–Crippen LogP) is 3.90. The Morgan fingerprint density at radius 1 is 1.10 bits per heavy atom. The second kappa shape index (κ2) is 6.15. The lowest BCUT2D eigenvalue weighted by Gasteiger charge is -2.18. The largest absolute Gasteiger partial charge is 0.394 e. The highest BCUT2D eigenvalue weighted by Gasteiger charge is 2.17. The van der Waals surface area contributed by atoms with Crippen LogP contribution in [0.5, 0.6) is 0 Å². The van der Waals surface area contributed by atoms with Crippen LogP contribution in [0.3, 0.4) is 0 Å². The summed E-state index contributed by atoms with van der Waals surface area (Å²) in [6.45, 7) is -0.420. The van der Waals surface area contributed by atoms with Gasteiger partial charge in [-0.05, 0) is 35.9 Å². The molecule has 2 rings (SSSR count). The summed E-state index contributed by atoms with van der Waals surface area (Å²) in [4.78, 5) is 0. The Labute approximate surface area is 118 Å². The zero-order valence-corrected chi connectivity index (χ0v) is 11.0. The fourth-order valence-corrected chi connectivity index (χ4v) is 1.98. The third kappa shape index (κ3) is 3.23. The SMILES string of the molecule is OCC(Nc1cccc(Cl)c1)c1cc(F)c(F)c(F)c1. The Hall–Kier alpha value is -1.72. The van der Waals surface area contributed by atoms with Gasteiger partial charge in [-0.15, -0.1) is 0 Å². The second-order valence-electron chi connectivity index (χ2n) is 4.19. The Morgan fingerprint density at radius 3 is 2.30 bits per heavy atom. The number of halogens is 4. The van der Waals surface area contributed by atoms with Gasteiger partial charge in [-0.2, -0.15) is 0 Å². The molecular weight excluding hydrogens is 291 g/mol. The average molecular weight is 302 g/mol. The summed E-state index contributed by atoms with van der Waals surface area (Å²) in [5.74, 6) is -4.13. The number of rotatable bonds is 4. The van der Waals surface area contributed by atoms with Gasteiger partial charge in [-0.3, -0.25) is 0 Å². The Bertz CT molecular complexity index is 598. The van der Waals surface area contributed by atoms with Crippen LogP contribution in [0.2, 0.25) is 5.02 Å². The molecule has 0 saturated heterocycles. The first-order chi connectivity index (χ1) is 9.51. The summed E-state index contributed by atoms with van der Waals surface area (Å²) in [5, 5.41) is 12.7. The van der Waals surface area contributed by atoms with Crippen LogP contribution >= 0.6 is 11.6 Å². The van der Waals surface area contributed by atoms with E-state index in [-0.39, 0.29) is 5.56 Å². The molecule has 0 bridgehead atoms. The smallest absolute Gasteiger partial charge is 0.194 e. The summed E-state index contributed by atoms with van der Waals surface area (Å²) in [7, 11) is 0. The van der Waals surface area contributed by atoms with Gasteiger partial charge in [0.25, 0.3) is 0 Å². The summed E-state index contributed by atoms with van der Waals surface area (Å²) >= 11 is 5.82. The van der Waals surface area contributed by atoms with Crippen molar-refractivity contribution in [1.82, 2.24) is 0 Å².